The van der Waals surface area contributed by atoms with Crippen molar-refractivity contribution in [1.29, 1.82) is 0 Å². The Bertz CT molecular complexity index is 612. The fourth-order valence-corrected chi connectivity index (χ4v) is 2.98. The molecule has 1 amide bonds. The van der Waals surface area contributed by atoms with Crippen LogP contribution in [0, 0.1) is 0 Å². The summed E-state index contributed by atoms with van der Waals surface area (Å²) in [6.07, 6.45) is 1.72. The second-order valence-electron chi connectivity index (χ2n) is 4.78. The monoisotopic (exact) mass is 353 g/mol. The lowest BCUT2D eigenvalue weighted by Crippen LogP contribution is -2.34. The number of Topliss-reactive ketones (excluding diaryl/α,β-unsaturated/α-hetero) is 1. The van der Waals surface area contributed by atoms with Gasteiger partial charge in [-0.15, -0.1) is 0 Å². The number of nitrogens with zero attached hydrogens (tertiary/aromatic N) is 1. The van der Waals surface area contributed by atoms with E-state index in [0.717, 1.165) is 18.4 Å². The van der Waals surface area contributed by atoms with Gasteiger partial charge in [-0.05, 0) is 37.5 Å². The molecule has 0 atom stereocenters. The number of fused-ring (bicyclic) bond motifs is 1. The normalized spacial score (nSPS) is 13.6. The zero-order valence-electron chi connectivity index (χ0n) is 11.9. The number of rotatable bonds is 3. The molecule has 112 valence electrons. The quantitative estimate of drug-likeness (QED) is 0.475. The lowest BCUT2D eigenvalue weighted by molar-refractivity contribution is -0.137. The van der Waals surface area contributed by atoms with Crippen LogP contribution in [0.5, 0.6) is 0 Å². The Kier molecular flexibility index (Phi) is 4.77. The van der Waals surface area contributed by atoms with E-state index in [-0.39, 0.29) is 18.1 Å². The molecular weight excluding hydrogens is 338 g/mol. The van der Waals surface area contributed by atoms with Gasteiger partial charge in [-0.25, -0.2) is 4.79 Å². The summed E-state index contributed by atoms with van der Waals surface area (Å²) in [6, 6.07) is 3.40. The van der Waals surface area contributed by atoms with Gasteiger partial charge in [0.15, 0.2) is 0 Å². The van der Waals surface area contributed by atoms with Crippen molar-refractivity contribution in [2.45, 2.75) is 26.7 Å². The molecule has 21 heavy (non-hydrogen) atoms. The topological polar surface area (TPSA) is 63.7 Å². The van der Waals surface area contributed by atoms with E-state index in [1.165, 1.54) is 6.92 Å². The number of anilines is 1. The van der Waals surface area contributed by atoms with E-state index < -0.39 is 11.8 Å². The van der Waals surface area contributed by atoms with Crippen molar-refractivity contribution < 1.29 is 19.1 Å². The van der Waals surface area contributed by atoms with E-state index in [9.17, 15) is 14.4 Å². The van der Waals surface area contributed by atoms with Gasteiger partial charge in [-0.1, -0.05) is 15.9 Å². The molecule has 1 aromatic rings. The lowest BCUT2D eigenvalue weighted by Gasteiger charge is -2.29. The molecule has 0 unspecified atom stereocenters. The minimum atomic E-state index is -0.886. The number of carbonyl (C=O) groups excluding carboxylic acids is 3. The SMILES string of the molecule is CCOC(=O)C(=O)c1cc2c(cc1Br)CCCN2C(C)=O. The van der Waals surface area contributed by atoms with Gasteiger partial charge in [0.25, 0.3) is 5.78 Å². The summed E-state index contributed by atoms with van der Waals surface area (Å²) in [5, 5.41) is 0. The van der Waals surface area contributed by atoms with Crippen LogP contribution in [0.15, 0.2) is 16.6 Å². The molecule has 0 aromatic heterocycles. The first-order chi connectivity index (χ1) is 9.95. The molecule has 1 aliphatic heterocycles. The van der Waals surface area contributed by atoms with Crippen molar-refractivity contribution in [2.24, 2.45) is 0 Å². The number of esters is 1. The second-order valence-corrected chi connectivity index (χ2v) is 5.64. The number of aryl methyl sites for hydroxylation is 1. The number of hydrogen-bond donors (Lipinski definition) is 0. The maximum absolute atomic E-state index is 12.1. The van der Waals surface area contributed by atoms with Crippen LogP contribution >= 0.6 is 15.9 Å². The van der Waals surface area contributed by atoms with Crippen molar-refractivity contribution in [3.8, 4) is 0 Å². The van der Waals surface area contributed by atoms with Crippen LogP contribution in [-0.4, -0.2) is 30.8 Å². The molecule has 2 rings (SSSR count). The van der Waals surface area contributed by atoms with Crippen molar-refractivity contribution in [2.75, 3.05) is 18.1 Å². The standard InChI is InChI=1S/C15H16BrNO4/c1-3-21-15(20)14(19)11-8-13-10(7-12(11)16)5-4-6-17(13)9(2)18/h7-8H,3-6H2,1-2H3. The van der Waals surface area contributed by atoms with E-state index in [0.29, 0.717) is 16.7 Å². The van der Waals surface area contributed by atoms with Crippen molar-refractivity contribution in [1.82, 2.24) is 0 Å². The Labute approximate surface area is 131 Å². The maximum atomic E-state index is 12.1. The number of amides is 1. The average Bonchev–Trinajstić information content (AvgIpc) is 2.45. The maximum Gasteiger partial charge on any atom is 0.379 e. The van der Waals surface area contributed by atoms with Crippen LogP contribution in [0.1, 0.15) is 36.2 Å². The summed E-state index contributed by atoms with van der Waals surface area (Å²) >= 11 is 3.32. The molecule has 0 saturated heterocycles. The Morgan fingerprint density at radius 2 is 2.05 bits per heavy atom. The van der Waals surface area contributed by atoms with Gasteiger partial charge in [0.1, 0.15) is 0 Å². The average molecular weight is 354 g/mol. The first kappa shape index (κ1) is 15.7. The highest BCUT2D eigenvalue weighted by atomic mass is 79.9. The van der Waals surface area contributed by atoms with Crippen molar-refractivity contribution in [3.63, 3.8) is 0 Å². The number of carbonyl (C=O) groups is 3. The van der Waals surface area contributed by atoms with Crippen LogP contribution in [-0.2, 0) is 20.7 Å². The summed E-state index contributed by atoms with van der Waals surface area (Å²) in [5.41, 5.74) is 1.91. The fraction of sp³-hybridized carbons (Fsp3) is 0.400. The minimum absolute atomic E-state index is 0.0761. The van der Waals surface area contributed by atoms with E-state index in [2.05, 4.69) is 15.9 Å². The molecule has 0 aliphatic carbocycles. The van der Waals surface area contributed by atoms with Gasteiger partial charge >= 0.3 is 5.97 Å². The number of benzene rings is 1. The van der Waals surface area contributed by atoms with Gasteiger partial charge in [0.05, 0.1) is 6.61 Å². The number of halogens is 1. The molecule has 5 nitrogen and oxygen atoms in total. The molecule has 0 fully saturated rings. The highest BCUT2D eigenvalue weighted by Crippen LogP contribution is 2.33. The van der Waals surface area contributed by atoms with Gasteiger partial charge < -0.3 is 9.64 Å². The lowest BCUT2D eigenvalue weighted by atomic mass is 9.98. The molecule has 1 aromatic carbocycles. The zero-order valence-corrected chi connectivity index (χ0v) is 13.5. The highest BCUT2D eigenvalue weighted by Gasteiger charge is 2.26. The van der Waals surface area contributed by atoms with Gasteiger partial charge in [0.2, 0.25) is 5.91 Å². The predicted molar refractivity (Wildman–Crippen MR) is 81.5 cm³/mol. The van der Waals surface area contributed by atoms with E-state index in [4.69, 9.17) is 4.74 Å². The third-order valence-corrected chi connectivity index (χ3v) is 4.03. The molecule has 6 heteroatoms. The zero-order chi connectivity index (χ0) is 15.6. The highest BCUT2D eigenvalue weighted by molar-refractivity contribution is 9.10. The smallest absolute Gasteiger partial charge is 0.379 e. The Morgan fingerprint density at radius 3 is 2.67 bits per heavy atom. The first-order valence-electron chi connectivity index (χ1n) is 6.77. The molecule has 0 N–H and O–H groups in total. The molecule has 1 heterocycles. The molecule has 0 radical (unpaired) electrons. The van der Waals surface area contributed by atoms with Crippen LogP contribution in [0.25, 0.3) is 0 Å². The van der Waals surface area contributed by atoms with Crippen molar-refractivity contribution >= 4 is 39.3 Å². The Morgan fingerprint density at radius 1 is 1.33 bits per heavy atom. The van der Waals surface area contributed by atoms with E-state index in [1.54, 1.807) is 24.0 Å². The van der Waals surface area contributed by atoms with E-state index in [1.807, 2.05) is 0 Å². The molecule has 0 saturated carbocycles. The summed E-state index contributed by atoms with van der Waals surface area (Å²) in [7, 11) is 0. The predicted octanol–water partition coefficient (Wildman–Crippen LogP) is 2.49. The van der Waals surface area contributed by atoms with Crippen molar-refractivity contribution in [3.05, 3.63) is 27.7 Å². The van der Waals surface area contributed by atoms with Crippen LogP contribution in [0.2, 0.25) is 0 Å². The first-order valence-corrected chi connectivity index (χ1v) is 7.57. The number of ketones is 1. The third-order valence-electron chi connectivity index (χ3n) is 3.37. The third kappa shape index (κ3) is 3.15. The molecular formula is C15H16BrNO4. The minimum Gasteiger partial charge on any atom is -0.460 e. The Hall–Kier alpha value is -1.69. The van der Waals surface area contributed by atoms with Gasteiger partial charge in [-0.3, -0.25) is 9.59 Å². The van der Waals surface area contributed by atoms with Gasteiger partial charge in [-0.2, -0.15) is 0 Å². The molecule has 0 spiro atoms. The van der Waals surface area contributed by atoms with Crippen LogP contribution in [0.4, 0.5) is 5.69 Å². The van der Waals surface area contributed by atoms with Crippen LogP contribution < -0.4 is 4.90 Å². The molecule has 1 aliphatic rings. The van der Waals surface area contributed by atoms with E-state index >= 15 is 0 Å². The fourth-order valence-electron chi connectivity index (χ4n) is 2.41. The Balaban J connectivity index is 2.45. The largest absolute Gasteiger partial charge is 0.460 e. The summed E-state index contributed by atoms with van der Waals surface area (Å²) in [5.74, 6) is -1.67. The van der Waals surface area contributed by atoms with Gasteiger partial charge in [0, 0.05) is 29.2 Å². The summed E-state index contributed by atoms with van der Waals surface area (Å²) < 4.78 is 5.29. The number of hydrogen-bond acceptors (Lipinski definition) is 4. The second kappa shape index (κ2) is 6.39. The van der Waals surface area contributed by atoms with Crippen LogP contribution in [0.3, 0.4) is 0 Å². The summed E-state index contributed by atoms with van der Waals surface area (Å²) in [4.78, 5) is 37.0. The summed E-state index contributed by atoms with van der Waals surface area (Å²) in [6.45, 7) is 3.90. The number of ether oxygens (including phenoxy) is 1. The molecule has 0 bridgehead atoms.